The first kappa shape index (κ1) is 15.7. The van der Waals surface area contributed by atoms with Gasteiger partial charge in [-0.1, -0.05) is 13.8 Å². The Kier molecular flexibility index (Phi) is 6.26. The fraction of sp³-hybridized carbons (Fsp3) is 0.933. The van der Waals surface area contributed by atoms with Gasteiger partial charge < -0.3 is 15.4 Å². The number of nitrogens with one attached hydrogen (secondary N) is 2. The number of carbonyl (C=O) groups is 1. The van der Waals surface area contributed by atoms with Gasteiger partial charge in [-0.25, -0.2) is 0 Å². The normalized spacial score (nSPS) is 31.4. The monoisotopic (exact) mass is 283 g/mol. The summed E-state index contributed by atoms with van der Waals surface area (Å²) >= 11 is 0. The van der Waals surface area contributed by atoms with Crippen molar-refractivity contribution in [3.63, 3.8) is 0 Å². The van der Waals surface area contributed by atoms with Gasteiger partial charge in [-0.2, -0.15) is 0 Å². The molecule has 1 amide bonds. The summed E-state index contributed by atoms with van der Waals surface area (Å²) in [6.45, 7) is 8.38. The van der Waals surface area contributed by atoms with Crippen LogP contribution in [0.2, 0.25) is 0 Å². The minimum absolute atomic E-state index is 0.135. The van der Waals surface area contributed by atoms with E-state index in [9.17, 15) is 4.79 Å². The summed E-state index contributed by atoms with van der Waals surface area (Å²) in [4.78, 5) is 14.4. The number of piperazine rings is 1. The molecule has 2 aliphatic rings. The van der Waals surface area contributed by atoms with E-state index in [1.807, 2.05) is 0 Å². The van der Waals surface area contributed by atoms with Crippen molar-refractivity contribution >= 4 is 5.91 Å². The van der Waals surface area contributed by atoms with Crippen molar-refractivity contribution in [2.24, 2.45) is 0 Å². The lowest BCUT2D eigenvalue weighted by molar-refractivity contribution is -0.123. The summed E-state index contributed by atoms with van der Waals surface area (Å²) in [5.41, 5.74) is 0. The van der Waals surface area contributed by atoms with Crippen LogP contribution in [0.4, 0.5) is 0 Å². The van der Waals surface area contributed by atoms with Crippen molar-refractivity contribution in [2.45, 2.75) is 57.7 Å². The average molecular weight is 283 g/mol. The lowest BCUT2D eigenvalue weighted by Gasteiger charge is -2.39. The molecule has 5 nitrogen and oxygen atoms in total. The number of rotatable bonds is 6. The Morgan fingerprint density at radius 1 is 1.40 bits per heavy atom. The molecule has 2 rings (SSSR count). The molecule has 2 fully saturated rings. The van der Waals surface area contributed by atoms with E-state index in [1.165, 1.54) is 0 Å². The van der Waals surface area contributed by atoms with Crippen LogP contribution in [0, 0.1) is 0 Å². The highest BCUT2D eigenvalue weighted by Crippen LogP contribution is 2.12. The second-order valence-corrected chi connectivity index (χ2v) is 5.94. The number of ether oxygens (including phenoxy) is 1. The topological polar surface area (TPSA) is 53.6 Å². The molecule has 116 valence electrons. The number of hydrogen-bond donors (Lipinski definition) is 2. The molecular weight excluding hydrogens is 254 g/mol. The van der Waals surface area contributed by atoms with Gasteiger partial charge in [-0.05, 0) is 25.7 Å². The number of carbonyl (C=O) groups excluding carboxylic acids is 1. The molecule has 5 heteroatoms. The van der Waals surface area contributed by atoms with Crippen molar-refractivity contribution < 1.29 is 9.53 Å². The van der Waals surface area contributed by atoms with Crippen LogP contribution in [-0.4, -0.2) is 61.8 Å². The highest BCUT2D eigenvalue weighted by atomic mass is 16.5. The highest BCUT2D eigenvalue weighted by Gasteiger charge is 2.27. The summed E-state index contributed by atoms with van der Waals surface area (Å²) < 4.78 is 5.53. The van der Waals surface area contributed by atoms with Gasteiger partial charge in [0, 0.05) is 38.3 Å². The smallest absolute Gasteiger partial charge is 0.234 e. The fourth-order valence-corrected chi connectivity index (χ4v) is 3.07. The Morgan fingerprint density at radius 3 is 2.90 bits per heavy atom. The van der Waals surface area contributed by atoms with E-state index in [1.54, 1.807) is 0 Å². The second-order valence-electron chi connectivity index (χ2n) is 5.94. The van der Waals surface area contributed by atoms with E-state index >= 15 is 0 Å². The van der Waals surface area contributed by atoms with Crippen LogP contribution in [0.3, 0.4) is 0 Å². The zero-order valence-electron chi connectivity index (χ0n) is 12.9. The Morgan fingerprint density at radius 2 is 2.25 bits per heavy atom. The van der Waals surface area contributed by atoms with Crippen LogP contribution in [0.5, 0.6) is 0 Å². The van der Waals surface area contributed by atoms with E-state index in [0.717, 1.165) is 45.4 Å². The summed E-state index contributed by atoms with van der Waals surface area (Å²) in [5, 5.41) is 6.58. The molecule has 0 saturated carbocycles. The first-order valence-electron chi connectivity index (χ1n) is 8.08. The van der Waals surface area contributed by atoms with Gasteiger partial charge in [0.15, 0.2) is 0 Å². The van der Waals surface area contributed by atoms with E-state index in [0.29, 0.717) is 25.2 Å². The summed E-state index contributed by atoms with van der Waals surface area (Å²) in [5.74, 6) is 0.135. The summed E-state index contributed by atoms with van der Waals surface area (Å²) in [6, 6.07) is 0.995. The van der Waals surface area contributed by atoms with Gasteiger partial charge in [0.05, 0.1) is 12.6 Å². The maximum absolute atomic E-state index is 12.1. The average Bonchev–Trinajstić information content (AvgIpc) is 2.98. The number of amides is 1. The molecule has 3 atom stereocenters. The molecule has 0 aliphatic carbocycles. The van der Waals surface area contributed by atoms with Crippen LogP contribution in [0.1, 0.15) is 39.5 Å². The zero-order valence-corrected chi connectivity index (χ0v) is 12.9. The SMILES string of the molecule is CCC1CN(CC(=O)NCC2CCCO2)C(CC)CN1. The lowest BCUT2D eigenvalue weighted by atomic mass is 10.1. The fourth-order valence-electron chi connectivity index (χ4n) is 3.07. The van der Waals surface area contributed by atoms with Gasteiger partial charge in [-0.15, -0.1) is 0 Å². The third-order valence-corrected chi connectivity index (χ3v) is 4.48. The molecule has 2 saturated heterocycles. The Bertz CT molecular complexity index is 305. The maximum atomic E-state index is 12.1. The summed E-state index contributed by atoms with van der Waals surface area (Å²) in [7, 11) is 0. The molecule has 2 heterocycles. The van der Waals surface area contributed by atoms with Crippen molar-refractivity contribution in [1.82, 2.24) is 15.5 Å². The molecule has 0 bridgehead atoms. The van der Waals surface area contributed by atoms with Crippen molar-refractivity contribution in [3.8, 4) is 0 Å². The maximum Gasteiger partial charge on any atom is 0.234 e. The summed E-state index contributed by atoms with van der Waals surface area (Å²) in [6.07, 6.45) is 4.62. The van der Waals surface area contributed by atoms with Crippen LogP contribution in [0.25, 0.3) is 0 Å². The van der Waals surface area contributed by atoms with Gasteiger partial charge in [-0.3, -0.25) is 9.69 Å². The Labute approximate surface area is 122 Å². The van der Waals surface area contributed by atoms with Crippen molar-refractivity contribution in [1.29, 1.82) is 0 Å². The number of nitrogens with zero attached hydrogens (tertiary/aromatic N) is 1. The third-order valence-electron chi connectivity index (χ3n) is 4.48. The molecule has 0 radical (unpaired) electrons. The second kappa shape index (κ2) is 7.96. The standard InChI is InChI=1S/C15H29N3O2/c1-3-12-10-18(13(4-2)8-16-12)11-15(19)17-9-14-6-5-7-20-14/h12-14,16H,3-11H2,1-2H3,(H,17,19). The zero-order chi connectivity index (χ0) is 14.4. The minimum Gasteiger partial charge on any atom is -0.376 e. The van der Waals surface area contributed by atoms with Gasteiger partial charge >= 0.3 is 0 Å². The number of hydrogen-bond acceptors (Lipinski definition) is 4. The lowest BCUT2D eigenvalue weighted by Crippen LogP contribution is -2.58. The Balaban J connectivity index is 1.75. The van der Waals surface area contributed by atoms with Gasteiger partial charge in [0.25, 0.3) is 0 Å². The highest BCUT2D eigenvalue weighted by molar-refractivity contribution is 5.78. The first-order chi connectivity index (χ1) is 9.72. The van der Waals surface area contributed by atoms with E-state index in [2.05, 4.69) is 29.4 Å². The van der Waals surface area contributed by atoms with Gasteiger partial charge in [0.1, 0.15) is 0 Å². The van der Waals surface area contributed by atoms with E-state index in [4.69, 9.17) is 4.74 Å². The molecule has 0 aromatic carbocycles. The molecule has 0 aromatic rings. The van der Waals surface area contributed by atoms with Gasteiger partial charge in [0.2, 0.25) is 5.91 Å². The molecule has 2 N–H and O–H groups in total. The molecular formula is C15H29N3O2. The van der Waals surface area contributed by atoms with Crippen LogP contribution in [-0.2, 0) is 9.53 Å². The van der Waals surface area contributed by atoms with Crippen LogP contribution >= 0.6 is 0 Å². The van der Waals surface area contributed by atoms with Crippen LogP contribution in [0.15, 0.2) is 0 Å². The predicted molar refractivity (Wildman–Crippen MR) is 79.7 cm³/mol. The molecule has 0 spiro atoms. The predicted octanol–water partition coefficient (Wildman–Crippen LogP) is 0.744. The van der Waals surface area contributed by atoms with Crippen LogP contribution < -0.4 is 10.6 Å². The van der Waals surface area contributed by atoms with Crippen molar-refractivity contribution in [3.05, 3.63) is 0 Å². The quantitative estimate of drug-likeness (QED) is 0.755. The first-order valence-corrected chi connectivity index (χ1v) is 8.08. The molecule has 3 unspecified atom stereocenters. The molecule has 2 aliphatic heterocycles. The molecule has 0 aromatic heterocycles. The molecule has 20 heavy (non-hydrogen) atoms. The Hall–Kier alpha value is -0.650. The van der Waals surface area contributed by atoms with E-state index in [-0.39, 0.29) is 12.0 Å². The minimum atomic E-state index is 0.135. The third kappa shape index (κ3) is 4.43. The van der Waals surface area contributed by atoms with E-state index < -0.39 is 0 Å². The largest absolute Gasteiger partial charge is 0.376 e. The van der Waals surface area contributed by atoms with Crippen molar-refractivity contribution in [2.75, 3.05) is 32.8 Å².